The molecule has 5 heteroatoms. The monoisotopic (exact) mass is 198 g/mol. The van der Waals surface area contributed by atoms with E-state index in [4.69, 9.17) is 5.73 Å². The number of halogens is 1. The van der Waals surface area contributed by atoms with Crippen molar-refractivity contribution < 1.29 is 9.31 Å². The fraction of sp³-hybridized carbons (Fsp3) is 0.333. The number of benzene rings is 1. The third kappa shape index (κ3) is 2.26. The van der Waals surface area contributed by atoms with Crippen molar-refractivity contribution in [3.8, 4) is 0 Å². The van der Waals surface area contributed by atoms with Gasteiger partial charge in [0.05, 0.1) is 10.5 Å². The summed E-state index contributed by atoms with van der Waals surface area (Å²) in [6.07, 6.45) is 0.170. The largest absolute Gasteiger partial charge is 0.328 e. The molecule has 0 bridgehead atoms. The first-order valence-electron chi connectivity index (χ1n) is 4.19. The summed E-state index contributed by atoms with van der Waals surface area (Å²) in [5, 5.41) is 10.6. The first kappa shape index (κ1) is 10.6. The number of nitrogens with two attached hydrogens (primary N) is 1. The summed E-state index contributed by atoms with van der Waals surface area (Å²) in [6.45, 7) is 1.68. The van der Waals surface area contributed by atoms with Gasteiger partial charge in [-0.15, -0.1) is 0 Å². The van der Waals surface area contributed by atoms with E-state index in [2.05, 4.69) is 0 Å². The van der Waals surface area contributed by atoms with E-state index in [1.54, 1.807) is 6.92 Å². The molecule has 2 N–H and O–H groups in total. The highest BCUT2D eigenvalue weighted by Gasteiger charge is 2.18. The molecule has 0 spiro atoms. The van der Waals surface area contributed by atoms with Crippen LogP contribution in [0.2, 0.25) is 0 Å². The Morgan fingerprint density at radius 3 is 2.79 bits per heavy atom. The standard InChI is InChI=1S/C9H11FN2O2/c1-6(11)5-7-8(10)3-2-4-9(7)12(13)14/h2-4,6H,5,11H2,1H3/t6-/m0/s1. The van der Waals surface area contributed by atoms with Crippen molar-refractivity contribution in [2.24, 2.45) is 5.73 Å². The summed E-state index contributed by atoms with van der Waals surface area (Å²) in [5.74, 6) is -0.573. The molecule has 76 valence electrons. The average Bonchev–Trinajstić information content (AvgIpc) is 2.07. The SMILES string of the molecule is C[C@H](N)Cc1c(F)cccc1[N+](=O)[O-]. The molecule has 0 saturated carbocycles. The Balaban J connectivity index is 3.15. The molecule has 0 fully saturated rings. The summed E-state index contributed by atoms with van der Waals surface area (Å²) in [4.78, 5) is 9.96. The van der Waals surface area contributed by atoms with Crippen LogP contribution in [0.15, 0.2) is 18.2 Å². The maximum absolute atomic E-state index is 13.2. The van der Waals surface area contributed by atoms with E-state index in [-0.39, 0.29) is 23.7 Å². The van der Waals surface area contributed by atoms with Crippen molar-refractivity contribution in [1.29, 1.82) is 0 Å². The molecule has 1 rings (SSSR count). The van der Waals surface area contributed by atoms with Crippen molar-refractivity contribution in [3.63, 3.8) is 0 Å². The molecule has 0 unspecified atom stereocenters. The first-order chi connectivity index (χ1) is 6.52. The predicted octanol–water partition coefficient (Wildman–Crippen LogP) is 1.62. The van der Waals surface area contributed by atoms with Crippen LogP contribution in [0, 0.1) is 15.9 Å². The average molecular weight is 198 g/mol. The molecule has 0 aliphatic carbocycles. The van der Waals surface area contributed by atoms with Gasteiger partial charge in [-0.3, -0.25) is 10.1 Å². The summed E-state index contributed by atoms with van der Waals surface area (Å²) in [5.41, 5.74) is 5.34. The number of nitrogens with zero attached hydrogens (tertiary/aromatic N) is 1. The van der Waals surface area contributed by atoms with Gasteiger partial charge in [-0.1, -0.05) is 6.07 Å². The molecular weight excluding hydrogens is 187 g/mol. The zero-order chi connectivity index (χ0) is 10.7. The molecular formula is C9H11FN2O2. The van der Waals surface area contributed by atoms with Gasteiger partial charge < -0.3 is 5.73 Å². The molecule has 0 saturated heterocycles. The van der Waals surface area contributed by atoms with Crippen LogP contribution in [-0.4, -0.2) is 11.0 Å². The summed E-state index contributed by atoms with van der Waals surface area (Å²) in [7, 11) is 0. The van der Waals surface area contributed by atoms with E-state index in [0.29, 0.717) is 0 Å². The van der Waals surface area contributed by atoms with Crippen LogP contribution in [0.1, 0.15) is 12.5 Å². The van der Waals surface area contributed by atoms with E-state index in [0.717, 1.165) is 0 Å². The van der Waals surface area contributed by atoms with Gasteiger partial charge in [-0.05, 0) is 19.4 Å². The second kappa shape index (κ2) is 4.15. The Hall–Kier alpha value is -1.49. The van der Waals surface area contributed by atoms with Gasteiger partial charge in [0.25, 0.3) is 5.69 Å². The highest BCUT2D eigenvalue weighted by Crippen LogP contribution is 2.22. The Morgan fingerprint density at radius 1 is 1.64 bits per heavy atom. The molecule has 1 atom stereocenters. The Kier molecular flexibility index (Phi) is 3.14. The van der Waals surface area contributed by atoms with Gasteiger partial charge in [0, 0.05) is 12.1 Å². The van der Waals surface area contributed by atoms with E-state index in [1.807, 2.05) is 0 Å². The second-order valence-electron chi connectivity index (χ2n) is 3.18. The van der Waals surface area contributed by atoms with Gasteiger partial charge in [0.15, 0.2) is 0 Å². The highest BCUT2D eigenvalue weighted by atomic mass is 19.1. The predicted molar refractivity (Wildman–Crippen MR) is 50.4 cm³/mol. The lowest BCUT2D eigenvalue weighted by Gasteiger charge is -2.06. The highest BCUT2D eigenvalue weighted by molar-refractivity contribution is 5.41. The van der Waals surface area contributed by atoms with Crippen molar-refractivity contribution in [2.75, 3.05) is 0 Å². The third-order valence-corrected chi connectivity index (χ3v) is 1.82. The van der Waals surface area contributed by atoms with Crippen LogP contribution in [0.25, 0.3) is 0 Å². The van der Waals surface area contributed by atoms with Crippen molar-refractivity contribution in [3.05, 3.63) is 39.7 Å². The minimum absolute atomic E-state index is 0.0764. The molecule has 0 aliphatic heterocycles. The van der Waals surface area contributed by atoms with Crippen LogP contribution < -0.4 is 5.73 Å². The van der Waals surface area contributed by atoms with E-state index >= 15 is 0 Å². The lowest BCUT2D eigenvalue weighted by molar-refractivity contribution is -0.385. The molecule has 1 aromatic carbocycles. The molecule has 4 nitrogen and oxygen atoms in total. The van der Waals surface area contributed by atoms with Gasteiger partial charge in [-0.25, -0.2) is 4.39 Å². The number of nitro groups is 1. The van der Waals surface area contributed by atoms with Crippen molar-refractivity contribution in [2.45, 2.75) is 19.4 Å². The zero-order valence-corrected chi connectivity index (χ0v) is 7.74. The summed E-state index contributed by atoms with van der Waals surface area (Å²) < 4.78 is 13.2. The van der Waals surface area contributed by atoms with E-state index < -0.39 is 10.7 Å². The molecule has 0 aromatic heterocycles. The molecule has 0 amide bonds. The smallest absolute Gasteiger partial charge is 0.275 e. The molecule has 1 aromatic rings. The Morgan fingerprint density at radius 2 is 2.29 bits per heavy atom. The topological polar surface area (TPSA) is 69.2 Å². The van der Waals surface area contributed by atoms with Gasteiger partial charge >= 0.3 is 0 Å². The number of hydrogen-bond acceptors (Lipinski definition) is 3. The van der Waals surface area contributed by atoms with Crippen LogP contribution in [0.4, 0.5) is 10.1 Å². The minimum Gasteiger partial charge on any atom is -0.328 e. The van der Waals surface area contributed by atoms with Gasteiger partial charge in [-0.2, -0.15) is 0 Å². The molecule has 0 radical (unpaired) electrons. The lowest BCUT2D eigenvalue weighted by Crippen LogP contribution is -2.19. The normalized spacial score (nSPS) is 12.5. The Labute approximate surface area is 80.7 Å². The van der Waals surface area contributed by atoms with E-state index in [1.165, 1.54) is 18.2 Å². The Bertz CT molecular complexity index is 353. The fourth-order valence-electron chi connectivity index (χ4n) is 1.24. The zero-order valence-electron chi connectivity index (χ0n) is 7.74. The van der Waals surface area contributed by atoms with Crippen molar-refractivity contribution >= 4 is 5.69 Å². The number of rotatable bonds is 3. The van der Waals surface area contributed by atoms with Gasteiger partial charge in [0.2, 0.25) is 0 Å². The second-order valence-corrected chi connectivity index (χ2v) is 3.18. The minimum atomic E-state index is -0.596. The quantitative estimate of drug-likeness (QED) is 0.592. The van der Waals surface area contributed by atoms with Gasteiger partial charge in [0.1, 0.15) is 5.82 Å². The molecule has 0 aliphatic rings. The van der Waals surface area contributed by atoms with Crippen LogP contribution in [-0.2, 0) is 6.42 Å². The third-order valence-electron chi connectivity index (χ3n) is 1.82. The molecule has 0 heterocycles. The molecule has 14 heavy (non-hydrogen) atoms. The van der Waals surface area contributed by atoms with Crippen LogP contribution in [0.5, 0.6) is 0 Å². The van der Waals surface area contributed by atoms with Crippen LogP contribution in [0.3, 0.4) is 0 Å². The maximum atomic E-state index is 13.2. The number of hydrogen-bond donors (Lipinski definition) is 1. The van der Waals surface area contributed by atoms with E-state index in [9.17, 15) is 14.5 Å². The summed E-state index contributed by atoms with van der Waals surface area (Å²) >= 11 is 0. The van der Waals surface area contributed by atoms with Crippen molar-refractivity contribution in [1.82, 2.24) is 0 Å². The number of nitro benzene ring substituents is 1. The maximum Gasteiger partial charge on any atom is 0.275 e. The van der Waals surface area contributed by atoms with Crippen LogP contribution >= 0.6 is 0 Å². The lowest BCUT2D eigenvalue weighted by atomic mass is 10.1. The first-order valence-corrected chi connectivity index (χ1v) is 4.19. The summed E-state index contributed by atoms with van der Waals surface area (Å²) in [6, 6.07) is 3.49. The fourth-order valence-corrected chi connectivity index (χ4v) is 1.24.